The molecule has 0 aromatic heterocycles. The van der Waals surface area contributed by atoms with Gasteiger partial charge in [-0.15, -0.1) is 0 Å². The van der Waals surface area contributed by atoms with Crippen LogP contribution in [0.4, 0.5) is 0 Å². The maximum Gasteiger partial charge on any atom is 0.314 e. The average Bonchev–Trinajstić information content (AvgIpc) is 2.67. The molecule has 1 saturated carbocycles. The molecule has 0 saturated heterocycles. The molecule has 5 nitrogen and oxygen atoms in total. The summed E-state index contributed by atoms with van der Waals surface area (Å²) >= 11 is 0. The Morgan fingerprint density at radius 2 is 2.06 bits per heavy atom. The van der Waals surface area contributed by atoms with Gasteiger partial charge in [-0.25, -0.2) is 0 Å². The van der Waals surface area contributed by atoms with Gasteiger partial charge in [0, 0.05) is 0 Å². The molecule has 17 heavy (non-hydrogen) atoms. The zero-order chi connectivity index (χ0) is 12.0. The molecule has 0 atom stereocenters. The number of carboxylic acids is 1. The van der Waals surface area contributed by atoms with Gasteiger partial charge in [-0.05, 0) is 25.0 Å². The van der Waals surface area contributed by atoms with Crippen molar-refractivity contribution in [2.75, 3.05) is 6.79 Å². The first-order chi connectivity index (χ1) is 8.15. The first-order valence-corrected chi connectivity index (χ1v) is 5.50. The Kier molecular flexibility index (Phi) is 1.98. The molecule has 1 fully saturated rings. The summed E-state index contributed by atoms with van der Waals surface area (Å²) < 4.78 is 10.5. The summed E-state index contributed by atoms with van der Waals surface area (Å²) in [5.74, 6) is -0.0586. The minimum atomic E-state index is -1.01. The van der Waals surface area contributed by atoms with Crippen molar-refractivity contribution >= 4 is 5.97 Å². The maximum atomic E-state index is 11.4. The highest BCUT2D eigenvalue weighted by molar-refractivity contribution is 5.85. The molecule has 1 aliphatic heterocycles. The monoisotopic (exact) mass is 236 g/mol. The quantitative estimate of drug-likeness (QED) is 0.816. The number of carboxylic acid groups (broad SMARTS) is 1. The van der Waals surface area contributed by atoms with Crippen LogP contribution in [0.2, 0.25) is 0 Å². The second kappa shape index (κ2) is 3.29. The van der Waals surface area contributed by atoms with Crippen LogP contribution in [0.15, 0.2) is 12.1 Å². The van der Waals surface area contributed by atoms with Gasteiger partial charge in [-0.2, -0.15) is 0 Å². The van der Waals surface area contributed by atoms with Gasteiger partial charge >= 0.3 is 5.97 Å². The van der Waals surface area contributed by atoms with E-state index in [1.807, 2.05) is 0 Å². The Hall–Kier alpha value is -1.91. The highest BCUT2D eigenvalue weighted by Crippen LogP contribution is 2.54. The largest absolute Gasteiger partial charge is 0.507 e. The van der Waals surface area contributed by atoms with Gasteiger partial charge in [0.1, 0.15) is 11.2 Å². The lowest BCUT2D eigenvalue weighted by atomic mass is 9.64. The molecule has 0 amide bonds. The summed E-state index contributed by atoms with van der Waals surface area (Å²) in [5, 5.41) is 19.3. The van der Waals surface area contributed by atoms with E-state index in [4.69, 9.17) is 9.47 Å². The van der Waals surface area contributed by atoms with Crippen LogP contribution in [-0.2, 0) is 10.2 Å². The molecule has 0 unspecified atom stereocenters. The molecule has 1 aromatic carbocycles. The zero-order valence-corrected chi connectivity index (χ0v) is 9.10. The molecule has 2 N–H and O–H groups in total. The van der Waals surface area contributed by atoms with Crippen LogP contribution in [0, 0.1) is 0 Å². The number of fused-ring (bicyclic) bond motifs is 1. The van der Waals surface area contributed by atoms with Crippen molar-refractivity contribution in [2.45, 2.75) is 24.7 Å². The van der Waals surface area contributed by atoms with E-state index in [0.29, 0.717) is 29.9 Å². The molecule has 1 aliphatic carbocycles. The fourth-order valence-electron chi connectivity index (χ4n) is 2.53. The van der Waals surface area contributed by atoms with E-state index < -0.39 is 11.4 Å². The second-order valence-corrected chi connectivity index (χ2v) is 4.43. The number of aliphatic carboxylic acids is 1. The van der Waals surface area contributed by atoms with Gasteiger partial charge in [0.25, 0.3) is 0 Å². The van der Waals surface area contributed by atoms with E-state index in [1.54, 1.807) is 6.07 Å². The predicted octanol–water partition coefficient (Wildman–Crippen LogP) is 1.63. The van der Waals surface area contributed by atoms with Gasteiger partial charge in [0.2, 0.25) is 6.79 Å². The molecule has 3 rings (SSSR count). The van der Waals surface area contributed by atoms with Crippen molar-refractivity contribution in [3.63, 3.8) is 0 Å². The normalized spacial score (nSPS) is 19.8. The number of aromatic hydroxyl groups is 1. The van der Waals surface area contributed by atoms with E-state index in [2.05, 4.69) is 0 Å². The fraction of sp³-hybridized carbons (Fsp3) is 0.417. The molecule has 1 aromatic rings. The van der Waals surface area contributed by atoms with Crippen LogP contribution in [0.1, 0.15) is 24.8 Å². The highest BCUT2D eigenvalue weighted by atomic mass is 16.7. The lowest BCUT2D eigenvalue weighted by Crippen LogP contribution is -2.42. The Morgan fingerprint density at radius 3 is 2.65 bits per heavy atom. The Labute approximate surface area is 97.6 Å². The van der Waals surface area contributed by atoms with Crippen molar-refractivity contribution in [3.05, 3.63) is 17.7 Å². The number of ether oxygens (including phenoxy) is 2. The Balaban J connectivity index is 2.20. The number of rotatable bonds is 2. The zero-order valence-electron chi connectivity index (χ0n) is 9.10. The summed E-state index contributed by atoms with van der Waals surface area (Å²) in [6.07, 6.45) is 1.89. The van der Waals surface area contributed by atoms with Crippen LogP contribution in [0.3, 0.4) is 0 Å². The van der Waals surface area contributed by atoms with Gasteiger partial charge in [-0.1, -0.05) is 6.42 Å². The van der Waals surface area contributed by atoms with Crippen molar-refractivity contribution < 1.29 is 24.5 Å². The molecule has 0 bridgehead atoms. The number of phenols is 1. The van der Waals surface area contributed by atoms with E-state index in [1.165, 1.54) is 6.07 Å². The lowest BCUT2D eigenvalue weighted by Gasteiger charge is -2.38. The predicted molar refractivity (Wildman–Crippen MR) is 57.4 cm³/mol. The smallest absolute Gasteiger partial charge is 0.314 e. The summed E-state index contributed by atoms with van der Waals surface area (Å²) in [6.45, 7) is 0.0709. The minimum absolute atomic E-state index is 0.0312. The fourth-order valence-corrected chi connectivity index (χ4v) is 2.53. The van der Waals surface area contributed by atoms with E-state index in [9.17, 15) is 15.0 Å². The SMILES string of the molecule is O=C(O)C1(c2c(O)ccc3c2OCO3)CCC1. The number of hydrogen-bond acceptors (Lipinski definition) is 4. The van der Waals surface area contributed by atoms with E-state index in [-0.39, 0.29) is 12.5 Å². The van der Waals surface area contributed by atoms with Crippen LogP contribution in [0.25, 0.3) is 0 Å². The Morgan fingerprint density at radius 1 is 1.29 bits per heavy atom. The third-order valence-electron chi connectivity index (χ3n) is 3.61. The van der Waals surface area contributed by atoms with Gasteiger partial charge in [0.05, 0.1) is 5.56 Å². The molecule has 90 valence electrons. The second-order valence-electron chi connectivity index (χ2n) is 4.43. The Bertz CT molecular complexity index is 490. The number of benzene rings is 1. The average molecular weight is 236 g/mol. The molecular formula is C12H12O5. The molecule has 0 spiro atoms. The molecular weight excluding hydrogens is 224 g/mol. The lowest BCUT2D eigenvalue weighted by molar-refractivity contribution is -0.147. The van der Waals surface area contributed by atoms with Crippen molar-refractivity contribution in [1.29, 1.82) is 0 Å². The van der Waals surface area contributed by atoms with Crippen molar-refractivity contribution in [2.24, 2.45) is 0 Å². The van der Waals surface area contributed by atoms with Crippen molar-refractivity contribution in [1.82, 2.24) is 0 Å². The van der Waals surface area contributed by atoms with Crippen LogP contribution >= 0.6 is 0 Å². The standard InChI is InChI=1S/C12H12O5/c13-7-2-3-8-10(17-6-16-8)9(7)12(11(14)15)4-1-5-12/h2-3,13H,1,4-6H2,(H,14,15). The summed E-state index contributed by atoms with van der Waals surface area (Å²) in [5.41, 5.74) is -0.644. The van der Waals surface area contributed by atoms with E-state index in [0.717, 1.165) is 6.42 Å². The summed E-state index contributed by atoms with van der Waals surface area (Å²) in [4.78, 5) is 11.4. The van der Waals surface area contributed by atoms with Crippen LogP contribution < -0.4 is 9.47 Å². The van der Waals surface area contributed by atoms with E-state index >= 15 is 0 Å². The van der Waals surface area contributed by atoms with Gasteiger partial charge in [0.15, 0.2) is 11.5 Å². The summed E-state index contributed by atoms with van der Waals surface area (Å²) in [7, 11) is 0. The van der Waals surface area contributed by atoms with Gasteiger partial charge in [-0.3, -0.25) is 4.79 Å². The number of phenolic OH excluding ortho intramolecular Hbond substituents is 1. The number of hydrogen-bond donors (Lipinski definition) is 2. The van der Waals surface area contributed by atoms with Crippen LogP contribution in [0.5, 0.6) is 17.2 Å². The topological polar surface area (TPSA) is 76.0 Å². The molecule has 5 heteroatoms. The number of carbonyl (C=O) groups is 1. The third kappa shape index (κ3) is 1.22. The highest BCUT2D eigenvalue weighted by Gasteiger charge is 2.50. The maximum absolute atomic E-state index is 11.4. The first-order valence-electron chi connectivity index (χ1n) is 5.50. The van der Waals surface area contributed by atoms with Crippen molar-refractivity contribution in [3.8, 4) is 17.2 Å². The third-order valence-corrected chi connectivity index (χ3v) is 3.61. The van der Waals surface area contributed by atoms with Crippen LogP contribution in [-0.4, -0.2) is 23.0 Å². The summed E-state index contributed by atoms with van der Waals surface area (Å²) in [6, 6.07) is 3.06. The molecule has 1 heterocycles. The molecule has 2 aliphatic rings. The minimum Gasteiger partial charge on any atom is -0.507 e. The van der Waals surface area contributed by atoms with Gasteiger partial charge < -0.3 is 19.7 Å². The first kappa shape index (κ1) is 10.3. The molecule has 0 radical (unpaired) electrons.